The van der Waals surface area contributed by atoms with Gasteiger partial charge in [-0.3, -0.25) is 13.9 Å². The van der Waals surface area contributed by atoms with Crippen molar-refractivity contribution in [2.75, 3.05) is 17.1 Å². The number of hydrogen-bond donors (Lipinski definition) is 1. The molecule has 4 aromatic rings. The summed E-state index contributed by atoms with van der Waals surface area (Å²) in [6.07, 6.45) is 1.27. The van der Waals surface area contributed by atoms with Gasteiger partial charge in [-0.25, -0.2) is 8.42 Å². The first-order chi connectivity index (χ1) is 21.8. The molecular formula is C36H40ClN3O5S. The molecule has 0 heterocycles. The van der Waals surface area contributed by atoms with E-state index in [1.54, 1.807) is 42.5 Å². The first-order valence-electron chi connectivity index (χ1n) is 14.9. The molecule has 1 N–H and O–H groups in total. The van der Waals surface area contributed by atoms with Crippen molar-refractivity contribution in [3.8, 4) is 5.75 Å². The van der Waals surface area contributed by atoms with Gasteiger partial charge in [-0.2, -0.15) is 0 Å². The monoisotopic (exact) mass is 661 g/mol. The van der Waals surface area contributed by atoms with Crippen LogP contribution in [0.15, 0.2) is 109 Å². The van der Waals surface area contributed by atoms with Crippen LogP contribution in [-0.2, 0) is 39.2 Å². The second kappa shape index (κ2) is 15.3. The molecule has 242 valence electrons. The van der Waals surface area contributed by atoms with Crippen molar-refractivity contribution in [2.24, 2.45) is 0 Å². The molecular weight excluding hydrogens is 622 g/mol. The Morgan fingerprint density at radius 2 is 1.41 bits per heavy atom. The maximum Gasteiger partial charge on any atom is 0.244 e. The number of benzene rings is 4. The van der Waals surface area contributed by atoms with Crippen LogP contribution in [0.3, 0.4) is 0 Å². The summed E-state index contributed by atoms with van der Waals surface area (Å²) in [5.74, 6) is -0.339. The summed E-state index contributed by atoms with van der Waals surface area (Å²) in [5.41, 5.74) is 2.28. The fourth-order valence-corrected chi connectivity index (χ4v) is 5.96. The van der Waals surface area contributed by atoms with Gasteiger partial charge >= 0.3 is 0 Å². The number of nitrogens with zero attached hydrogens (tertiary/aromatic N) is 2. The summed E-state index contributed by atoms with van der Waals surface area (Å²) in [6, 6.07) is 31.7. The molecule has 0 aliphatic carbocycles. The lowest BCUT2D eigenvalue weighted by atomic mass is 10.0. The third kappa shape index (κ3) is 10.4. The quantitative estimate of drug-likeness (QED) is 0.183. The van der Waals surface area contributed by atoms with Gasteiger partial charge in [0, 0.05) is 23.5 Å². The molecule has 0 radical (unpaired) electrons. The van der Waals surface area contributed by atoms with Crippen LogP contribution < -0.4 is 14.4 Å². The molecule has 2 amide bonds. The van der Waals surface area contributed by atoms with E-state index in [1.807, 2.05) is 87.5 Å². The SMILES string of the molecule is CC(C)(C)NC(=O)C(Cc1ccccc1)N(Cc1cccc(Cl)c1)C(=O)CN(c1ccc(OCc2ccccc2)cc1)S(C)(=O)=O. The van der Waals surface area contributed by atoms with E-state index in [4.69, 9.17) is 16.3 Å². The van der Waals surface area contributed by atoms with Gasteiger partial charge < -0.3 is 15.0 Å². The number of sulfonamides is 1. The lowest BCUT2D eigenvalue weighted by molar-refractivity contribution is -0.140. The Morgan fingerprint density at radius 3 is 1.98 bits per heavy atom. The van der Waals surface area contributed by atoms with Crippen molar-refractivity contribution in [3.05, 3.63) is 131 Å². The molecule has 0 aromatic heterocycles. The molecule has 0 spiro atoms. The Kier molecular flexibility index (Phi) is 11.5. The average Bonchev–Trinajstić information content (AvgIpc) is 3.00. The normalized spacial score (nSPS) is 12.2. The standard InChI is InChI=1S/C36H40ClN3O5S/c1-36(2,3)38-35(42)33(23-27-12-7-5-8-13-27)39(24-29-16-11-17-30(37)22-29)34(41)25-40(46(4,43)44)31-18-20-32(21-19-31)45-26-28-14-9-6-10-15-28/h5-22,33H,23-26H2,1-4H3,(H,38,42). The molecule has 0 aliphatic heterocycles. The highest BCUT2D eigenvalue weighted by atomic mass is 35.5. The second-order valence-electron chi connectivity index (χ2n) is 12.1. The molecule has 0 saturated carbocycles. The van der Waals surface area contributed by atoms with Crippen LogP contribution in [0.4, 0.5) is 5.69 Å². The maximum absolute atomic E-state index is 14.3. The van der Waals surface area contributed by atoms with Crippen LogP contribution in [-0.4, -0.2) is 49.5 Å². The number of anilines is 1. The molecule has 0 aliphatic rings. The third-order valence-corrected chi connectivity index (χ3v) is 8.44. The van der Waals surface area contributed by atoms with Gasteiger partial charge in [0.25, 0.3) is 0 Å². The van der Waals surface area contributed by atoms with Gasteiger partial charge in [0.05, 0.1) is 11.9 Å². The summed E-state index contributed by atoms with van der Waals surface area (Å²) in [6.45, 7) is 5.48. The highest BCUT2D eigenvalue weighted by Crippen LogP contribution is 2.24. The molecule has 10 heteroatoms. The number of amides is 2. The van der Waals surface area contributed by atoms with Gasteiger partial charge in [-0.1, -0.05) is 84.4 Å². The zero-order chi connectivity index (χ0) is 33.3. The number of halogens is 1. The fourth-order valence-electron chi connectivity index (χ4n) is 4.90. The van der Waals surface area contributed by atoms with E-state index in [-0.39, 0.29) is 18.9 Å². The van der Waals surface area contributed by atoms with Gasteiger partial charge in [-0.05, 0) is 73.9 Å². The largest absolute Gasteiger partial charge is 0.489 e. The smallest absolute Gasteiger partial charge is 0.244 e. The van der Waals surface area contributed by atoms with Crippen molar-refractivity contribution in [3.63, 3.8) is 0 Å². The summed E-state index contributed by atoms with van der Waals surface area (Å²) < 4.78 is 33.1. The zero-order valence-corrected chi connectivity index (χ0v) is 28.1. The summed E-state index contributed by atoms with van der Waals surface area (Å²) >= 11 is 6.28. The molecule has 0 saturated heterocycles. The highest BCUT2D eigenvalue weighted by Gasteiger charge is 2.34. The molecule has 0 fully saturated rings. The second-order valence-corrected chi connectivity index (χ2v) is 14.5. The van der Waals surface area contributed by atoms with Crippen LogP contribution in [0, 0.1) is 0 Å². The Morgan fingerprint density at radius 1 is 0.826 bits per heavy atom. The summed E-state index contributed by atoms with van der Waals surface area (Å²) in [7, 11) is -3.90. The number of ether oxygens (including phenoxy) is 1. The van der Waals surface area contributed by atoms with Crippen molar-refractivity contribution >= 4 is 39.1 Å². The number of rotatable bonds is 13. The van der Waals surface area contributed by atoms with Crippen LogP contribution in [0.1, 0.15) is 37.5 Å². The molecule has 1 unspecified atom stereocenters. The van der Waals surface area contributed by atoms with E-state index in [1.165, 1.54) is 4.90 Å². The van der Waals surface area contributed by atoms with Crippen LogP contribution in [0.25, 0.3) is 0 Å². The lowest BCUT2D eigenvalue weighted by Crippen LogP contribution is -2.56. The molecule has 46 heavy (non-hydrogen) atoms. The Balaban J connectivity index is 1.66. The number of hydrogen-bond acceptors (Lipinski definition) is 5. The molecule has 8 nitrogen and oxygen atoms in total. The predicted octanol–water partition coefficient (Wildman–Crippen LogP) is 6.24. The molecule has 4 aromatic carbocycles. The van der Waals surface area contributed by atoms with Crippen molar-refractivity contribution in [1.82, 2.24) is 10.2 Å². The van der Waals surface area contributed by atoms with E-state index >= 15 is 0 Å². The topological polar surface area (TPSA) is 96.0 Å². The van der Waals surface area contributed by atoms with Crippen molar-refractivity contribution < 1.29 is 22.7 Å². The number of carbonyl (C=O) groups excluding carboxylic acids is 2. The van der Waals surface area contributed by atoms with E-state index in [2.05, 4.69) is 5.32 Å². The molecule has 4 rings (SSSR count). The number of carbonyl (C=O) groups is 2. The number of nitrogens with one attached hydrogen (secondary N) is 1. The van der Waals surface area contributed by atoms with Crippen LogP contribution >= 0.6 is 11.6 Å². The average molecular weight is 662 g/mol. The fraction of sp³-hybridized carbons (Fsp3) is 0.278. The minimum atomic E-state index is -3.90. The van der Waals surface area contributed by atoms with E-state index in [0.29, 0.717) is 28.6 Å². The third-order valence-electron chi connectivity index (χ3n) is 7.06. The van der Waals surface area contributed by atoms with Crippen LogP contribution in [0.5, 0.6) is 5.75 Å². The van der Waals surface area contributed by atoms with Gasteiger partial charge in [-0.15, -0.1) is 0 Å². The Bertz CT molecular complexity index is 1710. The maximum atomic E-state index is 14.3. The van der Waals surface area contributed by atoms with E-state index < -0.39 is 34.1 Å². The Labute approximate surface area is 277 Å². The lowest BCUT2D eigenvalue weighted by Gasteiger charge is -2.35. The minimum absolute atomic E-state index is 0.0400. The minimum Gasteiger partial charge on any atom is -0.489 e. The summed E-state index contributed by atoms with van der Waals surface area (Å²) in [4.78, 5) is 29.6. The summed E-state index contributed by atoms with van der Waals surface area (Å²) in [5, 5.41) is 3.49. The zero-order valence-electron chi connectivity index (χ0n) is 26.5. The van der Waals surface area contributed by atoms with Gasteiger partial charge in [0.1, 0.15) is 24.9 Å². The Hall–Kier alpha value is -4.34. The first-order valence-corrected chi connectivity index (χ1v) is 17.2. The molecule has 1 atom stereocenters. The van der Waals surface area contributed by atoms with E-state index in [9.17, 15) is 18.0 Å². The van der Waals surface area contributed by atoms with Crippen molar-refractivity contribution in [2.45, 2.75) is 51.9 Å². The van der Waals surface area contributed by atoms with Crippen LogP contribution in [0.2, 0.25) is 5.02 Å². The van der Waals surface area contributed by atoms with E-state index in [0.717, 1.165) is 21.7 Å². The van der Waals surface area contributed by atoms with Gasteiger partial charge in [0.15, 0.2) is 0 Å². The first kappa shape index (κ1) is 34.5. The molecule has 0 bridgehead atoms. The van der Waals surface area contributed by atoms with Crippen molar-refractivity contribution in [1.29, 1.82) is 0 Å². The highest BCUT2D eigenvalue weighted by molar-refractivity contribution is 7.92. The van der Waals surface area contributed by atoms with Gasteiger partial charge in [0.2, 0.25) is 21.8 Å². The predicted molar refractivity (Wildman–Crippen MR) is 183 cm³/mol.